The molecule has 0 rings (SSSR count). The molecule has 2 atom stereocenters. The summed E-state index contributed by atoms with van der Waals surface area (Å²) in [5.74, 6) is 0.382. The fraction of sp³-hybridized carbons (Fsp3) is 0.615. The van der Waals surface area contributed by atoms with E-state index in [1.54, 1.807) is 6.08 Å². The Morgan fingerprint density at radius 1 is 1.44 bits per heavy atom. The van der Waals surface area contributed by atoms with Crippen LogP contribution in [0.3, 0.4) is 0 Å². The van der Waals surface area contributed by atoms with Gasteiger partial charge < -0.3 is 11.5 Å². The summed E-state index contributed by atoms with van der Waals surface area (Å²) in [5, 5.41) is 0. The van der Waals surface area contributed by atoms with Gasteiger partial charge in [0.1, 0.15) is 0 Å². The standard InChI is InChI=1S/C13H25N3/c1-5-11(7-8-14)13(15)12(6-2)16-9-10(3)4/h6,9,11,13H,2,5,7-8,14-15H2,1,3-4H3. The van der Waals surface area contributed by atoms with Crippen LogP contribution in [0.25, 0.3) is 0 Å². The minimum atomic E-state index is -0.0679. The Hall–Kier alpha value is -0.930. The summed E-state index contributed by atoms with van der Waals surface area (Å²) in [6, 6.07) is -0.0679. The van der Waals surface area contributed by atoms with Gasteiger partial charge in [0, 0.05) is 12.2 Å². The fourth-order valence-electron chi connectivity index (χ4n) is 1.57. The third-order valence-electron chi connectivity index (χ3n) is 2.59. The van der Waals surface area contributed by atoms with Gasteiger partial charge >= 0.3 is 0 Å². The molecule has 0 spiro atoms. The van der Waals surface area contributed by atoms with Crippen LogP contribution in [0.5, 0.6) is 0 Å². The van der Waals surface area contributed by atoms with Gasteiger partial charge in [-0.1, -0.05) is 25.5 Å². The molecule has 0 saturated carbocycles. The van der Waals surface area contributed by atoms with Gasteiger partial charge in [-0.2, -0.15) is 0 Å². The molecule has 3 heteroatoms. The summed E-state index contributed by atoms with van der Waals surface area (Å²) < 4.78 is 0. The first kappa shape index (κ1) is 15.1. The molecule has 0 aromatic rings. The summed E-state index contributed by atoms with van der Waals surface area (Å²) >= 11 is 0. The maximum Gasteiger partial charge on any atom is 0.0567 e. The Balaban J connectivity index is 4.74. The Morgan fingerprint density at radius 2 is 2.06 bits per heavy atom. The molecule has 0 aliphatic rings. The van der Waals surface area contributed by atoms with E-state index in [9.17, 15) is 0 Å². The largest absolute Gasteiger partial charge is 0.330 e. The highest BCUT2D eigenvalue weighted by Gasteiger charge is 2.18. The molecule has 2 unspecified atom stereocenters. The Morgan fingerprint density at radius 3 is 2.44 bits per heavy atom. The second kappa shape index (κ2) is 8.25. The van der Waals surface area contributed by atoms with E-state index in [1.807, 2.05) is 20.0 Å². The van der Waals surface area contributed by atoms with Gasteiger partial charge in [0.15, 0.2) is 0 Å². The van der Waals surface area contributed by atoms with Crippen molar-refractivity contribution in [3.63, 3.8) is 0 Å². The van der Waals surface area contributed by atoms with Gasteiger partial charge in [-0.05, 0) is 38.8 Å². The lowest BCUT2D eigenvalue weighted by Gasteiger charge is -2.21. The average Bonchev–Trinajstić information content (AvgIpc) is 2.26. The molecule has 0 heterocycles. The quantitative estimate of drug-likeness (QED) is 0.650. The lowest BCUT2D eigenvalue weighted by atomic mass is 9.90. The molecule has 4 N–H and O–H groups in total. The van der Waals surface area contributed by atoms with Crippen LogP contribution in [0.15, 0.2) is 29.4 Å². The summed E-state index contributed by atoms with van der Waals surface area (Å²) in [5.41, 5.74) is 13.7. The van der Waals surface area contributed by atoms with Crippen LogP contribution in [0.4, 0.5) is 0 Å². The predicted octanol–water partition coefficient (Wildman–Crippen LogP) is 2.24. The highest BCUT2D eigenvalue weighted by molar-refractivity contribution is 5.99. The summed E-state index contributed by atoms with van der Waals surface area (Å²) in [6.07, 6.45) is 5.51. The highest BCUT2D eigenvalue weighted by atomic mass is 14.8. The van der Waals surface area contributed by atoms with E-state index >= 15 is 0 Å². The highest BCUT2D eigenvalue weighted by Crippen LogP contribution is 2.13. The van der Waals surface area contributed by atoms with Crippen molar-refractivity contribution in [2.75, 3.05) is 6.54 Å². The second-order valence-electron chi connectivity index (χ2n) is 4.24. The van der Waals surface area contributed by atoms with E-state index in [0.29, 0.717) is 12.5 Å². The molecule has 0 bridgehead atoms. The van der Waals surface area contributed by atoms with Crippen molar-refractivity contribution in [3.05, 3.63) is 24.4 Å². The number of allylic oxidation sites excluding steroid dienone is 1. The van der Waals surface area contributed by atoms with Crippen LogP contribution < -0.4 is 11.5 Å². The summed E-state index contributed by atoms with van der Waals surface area (Å²) in [6.45, 7) is 10.6. The van der Waals surface area contributed by atoms with Crippen LogP contribution in [0.1, 0.15) is 33.6 Å². The van der Waals surface area contributed by atoms with E-state index in [2.05, 4.69) is 18.5 Å². The molecule has 0 amide bonds. The maximum atomic E-state index is 6.17. The molecule has 0 fully saturated rings. The molecule has 0 aromatic heterocycles. The molecule has 0 aromatic carbocycles. The van der Waals surface area contributed by atoms with Crippen molar-refractivity contribution >= 4 is 5.71 Å². The smallest absolute Gasteiger partial charge is 0.0567 e. The van der Waals surface area contributed by atoms with Gasteiger partial charge in [-0.25, -0.2) is 0 Å². The molecule has 0 radical (unpaired) electrons. The van der Waals surface area contributed by atoms with E-state index < -0.39 is 0 Å². The fourth-order valence-corrected chi connectivity index (χ4v) is 1.57. The lowest BCUT2D eigenvalue weighted by molar-refractivity contribution is 0.448. The number of nitrogens with two attached hydrogens (primary N) is 2. The minimum Gasteiger partial charge on any atom is -0.330 e. The first-order valence-corrected chi connectivity index (χ1v) is 5.85. The minimum absolute atomic E-state index is 0.0679. The van der Waals surface area contributed by atoms with E-state index in [0.717, 1.165) is 24.1 Å². The normalized spacial score (nSPS) is 15.4. The van der Waals surface area contributed by atoms with Crippen LogP contribution in [-0.2, 0) is 0 Å². The van der Waals surface area contributed by atoms with Gasteiger partial charge in [0.2, 0.25) is 0 Å². The average molecular weight is 223 g/mol. The van der Waals surface area contributed by atoms with Crippen molar-refractivity contribution < 1.29 is 0 Å². The maximum absolute atomic E-state index is 6.17. The number of hydrogen-bond acceptors (Lipinski definition) is 3. The SMILES string of the molecule is C=CC(=NC=C(C)C)C(N)C(CC)CCN. The molecule has 0 saturated heterocycles. The molecule has 92 valence electrons. The summed E-state index contributed by atoms with van der Waals surface area (Å²) in [4.78, 5) is 4.36. The van der Waals surface area contributed by atoms with Gasteiger partial charge in [-0.15, -0.1) is 0 Å². The van der Waals surface area contributed by atoms with Crippen LogP contribution in [-0.4, -0.2) is 18.3 Å². The second-order valence-corrected chi connectivity index (χ2v) is 4.24. The van der Waals surface area contributed by atoms with Crippen LogP contribution in [0, 0.1) is 5.92 Å². The molecule has 0 aliphatic heterocycles. The topological polar surface area (TPSA) is 64.4 Å². The Labute approximate surface area is 99.3 Å². The van der Waals surface area contributed by atoms with Crippen LogP contribution in [0.2, 0.25) is 0 Å². The van der Waals surface area contributed by atoms with E-state index in [1.165, 1.54) is 0 Å². The van der Waals surface area contributed by atoms with Gasteiger partial charge in [0.25, 0.3) is 0 Å². The zero-order valence-electron chi connectivity index (χ0n) is 10.7. The van der Waals surface area contributed by atoms with Crippen molar-refractivity contribution in [1.29, 1.82) is 0 Å². The third-order valence-corrected chi connectivity index (χ3v) is 2.59. The molecular formula is C13H25N3. The molecular weight excluding hydrogens is 198 g/mol. The monoisotopic (exact) mass is 223 g/mol. The third kappa shape index (κ3) is 5.24. The first-order chi connectivity index (χ1) is 7.56. The number of nitrogens with zero attached hydrogens (tertiary/aromatic N) is 1. The Bertz CT molecular complexity index is 262. The molecule has 16 heavy (non-hydrogen) atoms. The van der Waals surface area contributed by atoms with E-state index in [4.69, 9.17) is 11.5 Å². The summed E-state index contributed by atoms with van der Waals surface area (Å²) in [7, 11) is 0. The number of hydrogen-bond donors (Lipinski definition) is 2. The number of aliphatic imine (C=N–C) groups is 1. The predicted molar refractivity (Wildman–Crippen MR) is 72.5 cm³/mol. The molecule has 0 aliphatic carbocycles. The zero-order chi connectivity index (χ0) is 12.6. The zero-order valence-corrected chi connectivity index (χ0v) is 10.7. The lowest BCUT2D eigenvalue weighted by Crippen LogP contribution is -2.38. The molecule has 3 nitrogen and oxygen atoms in total. The first-order valence-electron chi connectivity index (χ1n) is 5.85. The van der Waals surface area contributed by atoms with Gasteiger partial charge in [-0.3, -0.25) is 4.99 Å². The van der Waals surface area contributed by atoms with Crippen molar-refractivity contribution in [2.24, 2.45) is 22.4 Å². The van der Waals surface area contributed by atoms with Crippen molar-refractivity contribution in [1.82, 2.24) is 0 Å². The number of rotatable bonds is 7. The van der Waals surface area contributed by atoms with Crippen molar-refractivity contribution in [2.45, 2.75) is 39.7 Å². The van der Waals surface area contributed by atoms with E-state index in [-0.39, 0.29) is 6.04 Å². The van der Waals surface area contributed by atoms with Gasteiger partial charge in [0.05, 0.1) is 5.71 Å². The van der Waals surface area contributed by atoms with Crippen LogP contribution >= 0.6 is 0 Å². The van der Waals surface area contributed by atoms with Crippen molar-refractivity contribution in [3.8, 4) is 0 Å². The Kier molecular flexibility index (Phi) is 7.77.